The van der Waals surface area contributed by atoms with Crippen molar-refractivity contribution in [3.05, 3.63) is 71.1 Å². The molecule has 2 heterocycles. The summed E-state index contributed by atoms with van der Waals surface area (Å²) in [5.41, 5.74) is 1.32. The van der Waals surface area contributed by atoms with Crippen LogP contribution in [0.1, 0.15) is 16.8 Å². The smallest absolute Gasteiger partial charge is 0.343 e. The van der Waals surface area contributed by atoms with Crippen molar-refractivity contribution in [2.75, 3.05) is 0 Å². The standard InChI is InChI=1S/C17H12F3NO/c18-17(19,20)14-5-3-12(4-6-14)10-13-11-21-9-1-2-15(21)7-8-16(13)22/h1-10H,11H2/b13-10-. The molecular formula is C17H12F3NO. The lowest BCUT2D eigenvalue weighted by molar-refractivity contribution is -0.137. The van der Waals surface area contributed by atoms with Gasteiger partial charge in [-0.15, -0.1) is 0 Å². The maximum Gasteiger partial charge on any atom is 0.416 e. The zero-order valence-corrected chi connectivity index (χ0v) is 11.5. The SMILES string of the molecule is O=C1C=Cc2cccn2C/C1=C/c1ccc(C(F)(F)F)cc1. The molecule has 0 spiro atoms. The van der Waals surface area contributed by atoms with Gasteiger partial charge in [-0.1, -0.05) is 12.1 Å². The number of aromatic nitrogens is 1. The van der Waals surface area contributed by atoms with E-state index in [2.05, 4.69) is 0 Å². The lowest BCUT2D eigenvalue weighted by Gasteiger charge is -2.08. The van der Waals surface area contributed by atoms with Gasteiger partial charge in [0.15, 0.2) is 5.78 Å². The Labute approximate surface area is 125 Å². The first-order valence-corrected chi connectivity index (χ1v) is 6.69. The van der Waals surface area contributed by atoms with E-state index >= 15 is 0 Å². The lowest BCUT2D eigenvalue weighted by atomic mass is 10.1. The Morgan fingerprint density at radius 3 is 2.45 bits per heavy atom. The molecule has 112 valence electrons. The van der Waals surface area contributed by atoms with Crippen LogP contribution in [0.25, 0.3) is 12.2 Å². The Kier molecular flexibility index (Phi) is 3.48. The monoisotopic (exact) mass is 303 g/mol. The molecular weight excluding hydrogens is 291 g/mol. The number of rotatable bonds is 1. The number of carbonyl (C=O) groups excluding carboxylic acids is 1. The molecule has 0 unspecified atom stereocenters. The summed E-state index contributed by atoms with van der Waals surface area (Å²) in [6, 6.07) is 8.55. The van der Waals surface area contributed by atoms with Crippen LogP contribution in [0.3, 0.4) is 0 Å². The predicted octanol–water partition coefficient (Wildman–Crippen LogP) is 4.19. The second-order valence-electron chi connectivity index (χ2n) is 5.05. The molecule has 0 aliphatic carbocycles. The summed E-state index contributed by atoms with van der Waals surface area (Å²) in [6.07, 6.45) is 2.35. The second kappa shape index (κ2) is 5.33. The van der Waals surface area contributed by atoms with Crippen LogP contribution >= 0.6 is 0 Å². The molecule has 22 heavy (non-hydrogen) atoms. The minimum absolute atomic E-state index is 0.136. The number of carbonyl (C=O) groups is 1. The number of allylic oxidation sites excluding steroid dienone is 2. The first-order valence-electron chi connectivity index (χ1n) is 6.69. The summed E-state index contributed by atoms with van der Waals surface area (Å²) in [5, 5.41) is 0. The van der Waals surface area contributed by atoms with Crippen LogP contribution in [0, 0.1) is 0 Å². The van der Waals surface area contributed by atoms with E-state index < -0.39 is 11.7 Å². The van der Waals surface area contributed by atoms with Gasteiger partial charge in [0.25, 0.3) is 0 Å². The van der Waals surface area contributed by atoms with E-state index in [1.165, 1.54) is 18.2 Å². The molecule has 0 atom stereocenters. The zero-order valence-electron chi connectivity index (χ0n) is 11.5. The maximum atomic E-state index is 12.5. The average molecular weight is 303 g/mol. The van der Waals surface area contributed by atoms with Crippen molar-refractivity contribution in [1.82, 2.24) is 4.57 Å². The highest BCUT2D eigenvalue weighted by molar-refractivity contribution is 6.09. The molecule has 0 N–H and O–H groups in total. The normalized spacial score (nSPS) is 16.7. The number of nitrogens with zero attached hydrogens (tertiary/aromatic N) is 1. The summed E-state index contributed by atoms with van der Waals surface area (Å²) in [4.78, 5) is 12.1. The van der Waals surface area contributed by atoms with Crippen LogP contribution in [0.4, 0.5) is 13.2 Å². The summed E-state index contributed by atoms with van der Waals surface area (Å²) in [5.74, 6) is -0.136. The minimum atomic E-state index is -4.35. The van der Waals surface area contributed by atoms with Gasteiger partial charge in [-0.2, -0.15) is 13.2 Å². The zero-order chi connectivity index (χ0) is 15.7. The summed E-state index contributed by atoms with van der Waals surface area (Å²) in [6.45, 7) is 0.398. The Morgan fingerprint density at radius 1 is 1.05 bits per heavy atom. The molecule has 3 rings (SSSR count). The molecule has 0 radical (unpaired) electrons. The fourth-order valence-corrected chi connectivity index (χ4v) is 2.34. The van der Waals surface area contributed by atoms with Crippen LogP contribution in [0.5, 0.6) is 0 Å². The lowest BCUT2D eigenvalue weighted by Crippen LogP contribution is -2.06. The Bertz CT molecular complexity index is 764. The molecule has 2 aromatic rings. The van der Waals surface area contributed by atoms with E-state index in [1.807, 2.05) is 22.9 Å². The number of alkyl halides is 3. The fourth-order valence-electron chi connectivity index (χ4n) is 2.34. The summed E-state index contributed by atoms with van der Waals surface area (Å²) < 4.78 is 39.5. The number of hydrogen-bond donors (Lipinski definition) is 0. The van der Waals surface area contributed by atoms with Gasteiger partial charge in [-0.3, -0.25) is 4.79 Å². The number of benzene rings is 1. The average Bonchev–Trinajstić information content (AvgIpc) is 2.85. The van der Waals surface area contributed by atoms with Crippen molar-refractivity contribution in [2.24, 2.45) is 0 Å². The number of fused-ring (bicyclic) bond motifs is 1. The second-order valence-corrected chi connectivity index (χ2v) is 5.05. The van der Waals surface area contributed by atoms with Crippen LogP contribution in [-0.4, -0.2) is 10.4 Å². The van der Waals surface area contributed by atoms with E-state index in [0.29, 0.717) is 17.7 Å². The third kappa shape index (κ3) is 2.88. The van der Waals surface area contributed by atoms with Crippen molar-refractivity contribution < 1.29 is 18.0 Å². The largest absolute Gasteiger partial charge is 0.416 e. The highest BCUT2D eigenvalue weighted by Crippen LogP contribution is 2.29. The molecule has 2 nitrogen and oxygen atoms in total. The van der Waals surface area contributed by atoms with Gasteiger partial charge in [0, 0.05) is 17.5 Å². The molecule has 1 aliphatic heterocycles. The van der Waals surface area contributed by atoms with Crippen molar-refractivity contribution >= 4 is 17.9 Å². The third-order valence-electron chi connectivity index (χ3n) is 3.51. The van der Waals surface area contributed by atoms with E-state index in [4.69, 9.17) is 0 Å². The molecule has 0 amide bonds. The third-order valence-corrected chi connectivity index (χ3v) is 3.51. The first-order chi connectivity index (χ1) is 10.4. The van der Waals surface area contributed by atoms with E-state index in [1.54, 1.807) is 12.2 Å². The Hall–Kier alpha value is -2.56. The summed E-state index contributed by atoms with van der Waals surface area (Å²) in [7, 11) is 0. The first kappa shape index (κ1) is 14.4. The maximum absolute atomic E-state index is 12.5. The van der Waals surface area contributed by atoms with Gasteiger partial charge in [-0.25, -0.2) is 0 Å². The topological polar surface area (TPSA) is 22.0 Å². The van der Waals surface area contributed by atoms with Gasteiger partial charge >= 0.3 is 6.18 Å². The molecule has 0 saturated heterocycles. The van der Waals surface area contributed by atoms with Crippen LogP contribution in [0.15, 0.2) is 54.2 Å². The molecule has 1 aliphatic rings. The van der Waals surface area contributed by atoms with Crippen molar-refractivity contribution in [3.63, 3.8) is 0 Å². The molecule has 5 heteroatoms. The van der Waals surface area contributed by atoms with Crippen LogP contribution < -0.4 is 0 Å². The number of hydrogen-bond acceptors (Lipinski definition) is 1. The molecule has 0 fully saturated rings. The van der Waals surface area contributed by atoms with Crippen molar-refractivity contribution in [1.29, 1.82) is 0 Å². The number of ketones is 1. The summed E-state index contributed by atoms with van der Waals surface area (Å²) >= 11 is 0. The van der Waals surface area contributed by atoms with Gasteiger partial charge in [0.2, 0.25) is 0 Å². The molecule has 0 saturated carbocycles. The molecule has 1 aromatic heterocycles. The van der Waals surface area contributed by atoms with E-state index in [-0.39, 0.29) is 5.78 Å². The van der Waals surface area contributed by atoms with Crippen molar-refractivity contribution in [3.8, 4) is 0 Å². The quantitative estimate of drug-likeness (QED) is 0.724. The predicted molar refractivity (Wildman–Crippen MR) is 77.9 cm³/mol. The Morgan fingerprint density at radius 2 is 1.77 bits per heavy atom. The molecule has 0 bridgehead atoms. The van der Waals surface area contributed by atoms with Gasteiger partial charge < -0.3 is 4.57 Å². The molecule has 1 aromatic carbocycles. The van der Waals surface area contributed by atoms with E-state index in [9.17, 15) is 18.0 Å². The van der Waals surface area contributed by atoms with Gasteiger partial charge in [0.1, 0.15) is 0 Å². The highest BCUT2D eigenvalue weighted by Gasteiger charge is 2.29. The minimum Gasteiger partial charge on any atom is -0.343 e. The van der Waals surface area contributed by atoms with Gasteiger partial charge in [0.05, 0.1) is 12.1 Å². The highest BCUT2D eigenvalue weighted by atomic mass is 19.4. The van der Waals surface area contributed by atoms with Crippen LogP contribution in [0.2, 0.25) is 0 Å². The Balaban J connectivity index is 1.91. The number of halogens is 3. The van der Waals surface area contributed by atoms with Gasteiger partial charge in [-0.05, 0) is 48.1 Å². The fraction of sp³-hybridized carbons (Fsp3) is 0.118. The van der Waals surface area contributed by atoms with Crippen LogP contribution in [-0.2, 0) is 17.5 Å². The van der Waals surface area contributed by atoms with E-state index in [0.717, 1.165) is 17.8 Å². The van der Waals surface area contributed by atoms with Crippen molar-refractivity contribution in [2.45, 2.75) is 12.7 Å².